The molecule has 4 rings (SSSR count). The lowest BCUT2D eigenvalue weighted by Crippen LogP contribution is -2.11. The van der Waals surface area contributed by atoms with E-state index in [0.29, 0.717) is 22.5 Å². The van der Waals surface area contributed by atoms with E-state index in [1.807, 2.05) is 30.3 Å². The average molecular weight is 430 g/mol. The fourth-order valence-electron chi connectivity index (χ4n) is 3.02. The van der Waals surface area contributed by atoms with E-state index in [9.17, 15) is 13.2 Å². The van der Waals surface area contributed by atoms with Gasteiger partial charge in [-0.2, -0.15) is 8.42 Å². The maximum absolute atomic E-state index is 12.8. The molecule has 0 saturated heterocycles. The van der Waals surface area contributed by atoms with Gasteiger partial charge in [0.2, 0.25) is 0 Å². The highest BCUT2D eigenvalue weighted by Gasteiger charge is 2.21. The zero-order valence-electron chi connectivity index (χ0n) is 15.3. The van der Waals surface area contributed by atoms with Gasteiger partial charge >= 0.3 is 15.9 Å². The number of rotatable bonds is 5. The first-order valence-corrected chi connectivity index (χ1v) is 10.5. The Balaban J connectivity index is 1.70. The van der Waals surface area contributed by atoms with Gasteiger partial charge in [-0.3, -0.25) is 4.57 Å². The number of fused-ring (bicyclic) bond motifs is 1. The van der Waals surface area contributed by atoms with Gasteiger partial charge in [0.15, 0.2) is 5.58 Å². The summed E-state index contributed by atoms with van der Waals surface area (Å²) in [5.41, 5.74) is 2.29. The van der Waals surface area contributed by atoms with Crippen molar-refractivity contribution in [3.05, 3.63) is 93.4 Å². The van der Waals surface area contributed by atoms with Crippen LogP contribution in [0.4, 0.5) is 0 Å². The van der Waals surface area contributed by atoms with E-state index >= 15 is 0 Å². The van der Waals surface area contributed by atoms with Gasteiger partial charge in [-0.1, -0.05) is 41.9 Å². The largest absolute Gasteiger partial charge is 0.419 e. The summed E-state index contributed by atoms with van der Waals surface area (Å²) in [6.07, 6.45) is 0.457. The standard InChI is InChI=1S/C21H16ClNO5S/c1-23-18-9-8-17(13-20(18)27-21(23)24)29(25,26)28-19-10-7-16(22)12-15(19)11-14-5-3-2-4-6-14/h2-10,12-13H,11H2,1H3. The number of oxazole rings is 1. The number of nitrogens with zero attached hydrogens (tertiary/aromatic N) is 1. The number of hydrogen-bond donors (Lipinski definition) is 0. The summed E-state index contributed by atoms with van der Waals surface area (Å²) in [5.74, 6) is -0.383. The molecule has 0 saturated carbocycles. The zero-order valence-corrected chi connectivity index (χ0v) is 16.9. The summed E-state index contributed by atoms with van der Waals surface area (Å²) in [6.45, 7) is 0. The molecule has 0 unspecified atom stereocenters. The maximum Gasteiger partial charge on any atom is 0.419 e. The van der Waals surface area contributed by atoms with E-state index in [-0.39, 0.29) is 16.2 Å². The summed E-state index contributed by atoms with van der Waals surface area (Å²) >= 11 is 6.10. The summed E-state index contributed by atoms with van der Waals surface area (Å²) in [4.78, 5) is 11.5. The maximum atomic E-state index is 12.8. The summed E-state index contributed by atoms with van der Waals surface area (Å²) < 4.78 is 37.5. The van der Waals surface area contributed by atoms with Crippen molar-refractivity contribution in [2.45, 2.75) is 11.3 Å². The first kappa shape index (κ1) is 19.3. The fourth-order valence-corrected chi connectivity index (χ4v) is 4.20. The number of benzene rings is 3. The van der Waals surface area contributed by atoms with Gasteiger partial charge in [-0.15, -0.1) is 0 Å². The molecule has 6 nitrogen and oxygen atoms in total. The quantitative estimate of drug-likeness (QED) is 0.445. The van der Waals surface area contributed by atoms with Gasteiger partial charge in [0, 0.05) is 30.1 Å². The van der Waals surface area contributed by atoms with Gasteiger partial charge in [-0.25, -0.2) is 4.79 Å². The monoisotopic (exact) mass is 429 g/mol. The normalized spacial score (nSPS) is 11.7. The number of hydrogen-bond acceptors (Lipinski definition) is 5. The second-order valence-electron chi connectivity index (χ2n) is 6.51. The lowest BCUT2D eigenvalue weighted by atomic mass is 10.0. The first-order valence-electron chi connectivity index (χ1n) is 8.70. The van der Waals surface area contributed by atoms with Crippen LogP contribution in [-0.4, -0.2) is 13.0 Å². The van der Waals surface area contributed by atoms with Crippen molar-refractivity contribution in [3.63, 3.8) is 0 Å². The minimum Gasteiger partial charge on any atom is -0.408 e. The molecule has 29 heavy (non-hydrogen) atoms. The van der Waals surface area contributed by atoms with Crippen LogP contribution in [0, 0.1) is 0 Å². The molecule has 8 heteroatoms. The van der Waals surface area contributed by atoms with E-state index in [2.05, 4.69) is 0 Å². The second-order valence-corrected chi connectivity index (χ2v) is 8.49. The third-order valence-electron chi connectivity index (χ3n) is 4.51. The second kappa shape index (κ2) is 7.42. The van der Waals surface area contributed by atoms with Crippen LogP contribution in [-0.2, 0) is 23.6 Å². The molecule has 0 aliphatic heterocycles. The fraction of sp³-hybridized carbons (Fsp3) is 0.0952. The van der Waals surface area contributed by atoms with Crippen molar-refractivity contribution in [3.8, 4) is 5.75 Å². The molecule has 148 valence electrons. The molecule has 0 radical (unpaired) electrons. The molecular formula is C21H16ClNO5S. The van der Waals surface area contributed by atoms with Crippen LogP contribution in [0.2, 0.25) is 5.02 Å². The van der Waals surface area contributed by atoms with Crippen LogP contribution < -0.4 is 9.94 Å². The Bertz CT molecular complexity index is 1360. The van der Waals surface area contributed by atoms with Crippen molar-refractivity contribution in [2.24, 2.45) is 7.05 Å². The molecule has 3 aromatic carbocycles. The molecule has 0 atom stereocenters. The topological polar surface area (TPSA) is 78.5 Å². The van der Waals surface area contributed by atoms with Crippen LogP contribution >= 0.6 is 11.6 Å². The van der Waals surface area contributed by atoms with Crippen molar-refractivity contribution in [1.29, 1.82) is 0 Å². The van der Waals surface area contributed by atoms with Crippen LogP contribution in [0.5, 0.6) is 5.75 Å². The predicted octanol–water partition coefficient (Wildman–Crippen LogP) is 4.14. The third-order valence-corrected chi connectivity index (χ3v) is 5.98. The van der Waals surface area contributed by atoms with Gasteiger partial charge in [0.1, 0.15) is 10.6 Å². The minimum absolute atomic E-state index is 0.111. The van der Waals surface area contributed by atoms with Crippen molar-refractivity contribution >= 4 is 32.8 Å². The van der Waals surface area contributed by atoms with Gasteiger partial charge in [-0.05, 0) is 35.9 Å². The lowest BCUT2D eigenvalue weighted by Gasteiger charge is -2.12. The van der Waals surface area contributed by atoms with Crippen LogP contribution in [0.25, 0.3) is 11.1 Å². The van der Waals surface area contributed by atoms with Crippen LogP contribution in [0.1, 0.15) is 11.1 Å². The van der Waals surface area contributed by atoms with E-state index in [1.54, 1.807) is 19.2 Å². The predicted molar refractivity (Wildman–Crippen MR) is 110 cm³/mol. The third kappa shape index (κ3) is 3.92. The van der Waals surface area contributed by atoms with Crippen LogP contribution in [0.15, 0.2) is 80.8 Å². The van der Waals surface area contributed by atoms with Crippen molar-refractivity contribution in [2.75, 3.05) is 0 Å². The number of aryl methyl sites for hydroxylation is 1. The molecule has 0 aliphatic rings. The molecule has 1 aromatic heterocycles. The van der Waals surface area contributed by atoms with Crippen LogP contribution in [0.3, 0.4) is 0 Å². The first-order chi connectivity index (χ1) is 13.8. The van der Waals surface area contributed by atoms with E-state index in [1.165, 1.54) is 28.8 Å². The highest BCUT2D eigenvalue weighted by atomic mass is 35.5. The highest BCUT2D eigenvalue weighted by molar-refractivity contribution is 7.87. The van der Waals surface area contributed by atoms with E-state index in [0.717, 1.165) is 5.56 Å². The average Bonchev–Trinajstić information content (AvgIpc) is 2.98. The Morgan fingerprint density at radius 1 is 1.03 bits per heavy atom. The number of halogens is 1. The zero-order chi connectivity index (χ0) is 20.6. The summed E-state index contributed by atoms with van der Waals surface area (Å²) in [7, 11) is -2.61. The Morgan fingerprint density at radius 3 is 2.55 bits per heavy atom. The molecule has 4 aromatic rings. The molecule has 0 spiro atoms. The summed E-state index contributed by atoms with van der Waals surface area (Å²) in [5, 5.41) is 0.480. The van der Waals surface area contributed by atoms with Crippen molar-refractivity contribution < 1.29 is 17.0 Å². The molecular weight excluding hydrogens is 414 g/mol. The van der Waals surface area contributed by atoms with E-state index < -0.39 is 15.9 Å². The molecule has 0 amide bonds. The smallest absolute Gasteiger partial charge is 0.408 e. The van der Waals surface area contributed by atoms with Gasteiger partial charge < -0.3 is 8.60 Å². The van der Waals surface area contributed by atoms with Gasteiger partial charge in [0.25, 0.3) is 0 Å². The van der Waals surface area contributed by atoms with Gasteiger partial charge in [0.05, 0.1) is 5.52 Å². The Morgan fingerprint density at radius 2 is 1.79 bits per heavy atom. The lowest BCUT2D eigenvalue weighted by molar-refractivity contribution is 0.483. The molecule has 0 bridgehead atoms. The Kier molecular flexibility index (Phi) is 4.94. The minimum atomic E-state index is -4.15. The number of aromatic nitrogens is 1. The summed E-state index contributed by atoms with van der Waals surface area (Å²) in [6, 6.07) is 18.5. The highest BCUT2D eigenvalue weighted by Crippen LogP contribution is 2.29. The Labute approximate surface area is 172 Å². The van der Waals surface area contributed by atoms with E-state index in [4.69, 9.17) is 20.2 Å². The SMILES string of the molecule is Cn1c(=O)oc2cc(S(=O)(=O)Oc3ccc(Cl)cc3Cc3ccccc3)ccc21. The Hall–Kier alpha value is -3.03. The molecule has 1 heterocycles. The van der Waals surface area contributed by atoms with Crippen molar-refractivity contribution in [1.82, 2.24) is 4.57 Å². The molecule has 0 N–H and O–H groups in total. The molecule has 0 fully saturated rings. The molecule has 0 aliphatic carbocycles.